The number of anilines is 2. The van der Waals surface area contributed by atoms with Crippen molar-refractivity contribution in [2.24, 2.45) is 10.7 Å². The summed E-state index contributed by atoms with van der Waals surface area (Å²) in [6.07, 6.45) is 5.14. The highest BCUT2D eigenvalue weighted by molar-refractivity contribution is 7.17. The van der Waals surface area contributed by atoms with E-state index < -0.39 is 12.0 Å². The number of nitrogens with two attached hydrogens (primary N) is 1. The van der Waals surface area contributed by atoms with E-state index in [1.165, 1.54) is 24.5 Å². The fourth-order valence-corrected chi connectivity index (χ4v) is 7.60. The lowest BCUT2D eigenvalue weighted by Gasteiger charge is -2.24. The van der Waals surface area contributed by atoms with E-state index in [9.17, 15) is 19.2 Å². The molecule has 1 aliphatic heterocycles. The van der Waals surface area contributed by atoms with Gasteiger partial charge in [-0.15, -0.1) is 11.3 Å². The number of methoxy groups -OCH3 is 1. The minimum Gasteiger partial charge on any atom is -0.465 e. The molecule has 0 radical (unpaired) electrons. The summed E-state index contributed by atoms with van der Waals surface area (Å²) in [5.74, 6) is 4.69. The number of fused-ring (bicyclic) bond motifs is 1. The van der Waals surface area contributed by atoms with Gasteiger partial charge in [0.25, 0.3) is 0 Å². The van der Waals surface area contributed by atoms with Gasteiger partial charge in [-0.25, -0.2) is 4.79 Å². The Hall–Kier alpha value is -5.36. The van der Waals surface area contributed by atoms with Gasteiger partial charge < -0.3 is 26.4 Å². The monoisotopic (exact) mass is 814 g/mol. The van der Waals surface area contributed by atoms with Crippen LogP contribution in [0.3, 0.4) is 0 Å². The van der Waals surface area contributed by atoms with E-state index in [4.69, 9.17) is 37.9 Å². The lowest BCUT2D eigenvalue weighted by atomic mass is 9.99. The molecule has 57 heavy (non-hydrogen) atoms. The van der Waals surface area contributed by atoms with Gasteiger partial charge in [-0.3, -0.25) is 35.1 Å². The molecule has 0 aliphatic carbocycles. The van der Waals surface area contributed by atoms with Crippen LogP contribution in [0.1, 0.15) is 102 Å². The van der Waals surface area contributed by atoms with Crippen LogP contribution >= 0.6 is 22.9 Å². The molecule has 2 aromatic carbocycles. The first-order valence-electron chi connectivity index (χ1n) is 19.0. The number of carbonyl (C=O) groups excluding carboxylic acids is 4. The molecule has 0 spiro atoms. The molecule has 0 saturated heterocycles. The van der Waals surface area contributed by atoms with Crippen molar-refractivity contribution in [1.82, 2.24) is 10.6 Å². The van der Waals surface area contributed by atoms with Crippen LogP contribution < -0.4 is 26.6 Å². The van der Waals surface area contributed by atoms with E-state index in [1.54, 1.807) is 36.1 Å². The average Bonchev–Trinajstić information content (AvgIpc) is 3.40. The van der Waals surface area contributed by atoms with Crippen molar-refractivity contribution >= 4 is 74.7 Å². The van der Waals surface area contributed by atoms with Crippen molar-refractivity contribution in [2.45, 2.75) is 84.6 Å². The smallest absolute Gasteiger partial charge is 0.339 e. The van der Waals surface area contributed by atoms with Crippen molar-refractivity contribution in [2.75, 3.05) is 37.0 Å². The summed E-state index contributed by atoms with van der Waals surface area (Å²) in [4.78, 5) is 57.6. The number of esters is 1. The minimum absolute atomic E-state index is 0.0184. The normalized spacial score (nSPS) is 13.4. The molecule has 13 nitrogen and oxygen atoms in total. The number of unbranched alkanes of at least 4 members (excludes halogenated alkanes) is 4. The van der Waals surface area contributed by atoms with Gasteiger partial charge in [0, 0.05) is 58.2 Å². The van der Waals surface area contributed by atoms with Crippen LogP contribution in [0.4, 0.5) is 10.7 Å². The van der Waals surface area contributed by atoms with Crippen LogP contribution in [0.25, 0.3) is 0 Å². The molecule has 3 amide bonds. The lowest BCUT2D eigenvalue weighted by molar-refractivity contribution is -0.122. The Morgan fingerprint density at radius 2 is 1.60 bits per heavy atom. The van der Waals surface area contributed by atoms with Gasteiger partial charge in [-0.1, -0.05) is 54.8 Å². The van der Waals surface area contributed by atoms with Gasteiger partial charge in [0.15, 0.2) is 0 Å². The van der Waals surface area contributed by atoms with Crippen LogP contribution in [-0.4, -0.2) is 73.9 Å². The summed E-state index contributed by atoms with van der Waals surface area (Å²) in [6, 6.07) is 11.3. The van der Waals surface area contributed by atoms with Crippen molar-refractivity contribution in [3.63, 3.8) is 0 Å². The number of nitrogens with zero attached hydrogens (tertiary/aromatic N) is 2. The zero-order valence-electron chi connectivity index (χ0n) is 32.9. The van der Waals surface area contributed by atoms with E-state index in [0.29, 0.717) is 41.5 Å². The molecule has 0 bridgehead atoms. The molecular formula is C42H51ClN8O5S. The Bertz CT molecular complexity index is 2070. The van der Waals surface area contributed by atoms with Gasteiger partial charge in [-0.2, -0.15) is 0 Å². The highest BCUT2D eigenvalue weighted by Crippen LogP contribution is 2.40. The van der Waals surface area contributed by atoms with E-state index >= 15 is 0 Å². The van der Waals surface area contributed by atoms with E-state index in [0.717, 1.165) is 58.7 Å². The van der Waals surface area contributed by atoms with Crippen LogP contribution in [0.5, 0.6) is 0 Å². The Morgan fingerprint density at radius 1 is 0.947 bits per heavy atom. The van der Waals surface area contributed by atoms with E-state index in [1.807, 2.05) is 26.0 Å². The SMILES string of the molecule is COC(=O)c1ccc(NC(=O)CCCC(=O)NCCCCCCCNC(=O)C[C@@H]2N=C(c3ccc(Cl)cc3)c3c(sc(C)c3C)N(C(C)=N)C2=N)cc1C#CCN. The molecule has 4 rings (SSSR count). The molecule has 15 heteroatoms. The predicted molar refractivity (Wildman–Crippen MR) is 228 cm³/mol. The topological polar surface area (TPSA) is 203 Å². The average molecular weight is 815 g/mol. The molecule has 1 aliphatic rings. The second-order valence-corrected chi connectivity index (χ2v) is 15.2. The fraction of sp³-hybridized carbons (Fsp3) is 0.405. The predicted octanol–water partition coefficient (Wildman–Crippen LogP) is 6.50. The van der Waals surface area contributed by atoms with Crippen LogP contribution in [-0.2, 0) is 19.1 Å². The number of aryl methyl sites for hydroxylation is 1. The fourth-order valence-electron chi connectivity index (χ4n) is 6.25. The third-order valence-electron chi connectivity index (χ3n) is 9.32. The lowest BCUT2D eigenvalue weighted by Crippen LogP contribution is -2.42. The van der Waals surface area contributed by atoms with Crippen LogP contribution in [0.2, 0.25) is 5.02 Å². The number of hydrogen-bond donors (Lipinski definition) is 6. The quantitative estimate of drug-likeness (QED) is 0.0294. The number of hydrogen-bond acceptors (Lipinski definition) is 10. The second-order valence-electron chi connectivity index (χ2n) is 13.6. The minimum atomic E-state index is -0.780. The van der Waals surface area contributed by atoms with Crippen molar-refractivity contribution in [1.29, 1.82) is 10.8 Å². The zero-order valence-corrected chi connectivity index (χ0v) is 34.5. The number of amides is 3. The summed E-state index contributed by atoms with van der Waals surface area (Å²) in [5, 5.41) is 27.6. The van der Waals surface area contributed by atoms with E-state index in [-0.39, 0.29) is 60.8 Å². The molecule has 0 unspecified atom stereocenters. The Morgan fingerprint density at radius 3 is 2.25 bits per heavy atom. The first-order chi connectivity index (χ1) is 27.3. The highest BCUT2D eigenvalue weighted by Gasteiger charge is 2.34. The molecule has 3 aromatic rings. The van der Waals surface area contributed by atoms with Crippen molar-refractivity contribution < 1.29 is 23.9 Å². The largest absolute Gasteiger partial charge is 0.465 e. The number of thiophene rings is 1. The molecule has 302 valence electrons. The van der Waals surface area contributed by atoms with E-state index in [2.05, 4.69) is 27.8 Å². The number of nitrogens with one attached hydrogen (secondary N) is 5. The van der Waals surface area contributed by atoms with Gasteiger partial charge in [-0.05, 0) is 75.9 Å². The van der Waals surface area contributed by atoms with Crippen LogP contribution in [0.15, 0.2) is 47.5 Å². The molecular weight excluding hydrogens is 764 g/mol. The number of ether oxygens (including phenoxy) is 1. The van der Waals surface area contributed by atoms with Crippen molar-refractivity contribution in [3.8, 4) is 11.8 Å². The number of aliphatic imine (C=N–C) groups is 1. The first kappa shape index (κ1) is 44.4. The second kappa shape index (κ2) is 21.8. The Balaban J connectivity index is 1.14. The third kappa shape index (κ3) is 12.6. The number of carbonyl (C=O) groups is 4. The number of amidine groups is 2. The zero-order chi connectivity index (χ0) is 41.5. The summed E-state index contributed by atoms with van der Waals surface area (Å²) in [6.45, 7) is 6.84. The van der Waals surface area contributed by atoms with Gasteiger partial charge in [0.2, 0.25) is 17.7 Å². The summed E-state index contributed by atoms with van der Waals surface area (Å²) >= 11 is 7.70. The first-order valence-corrected chi connectivity index (χ1v) is 20.2. The number of benzene rings is 2. The van der Waals surface area contributed by atoms with Gasteiger partial charge in [0.1, 0.15) is 22.7 Å². The van der Waals surface area contributed by atoms with Crippen molar-refractivity contribution in [3.05, 3.63) is 80.2 Å². The molecule has 2 heterocycles. The van der Waals surface area contributed by atoms with Gasteiger partial charge >= 0.3 is 5.97 Å². The maximum atomic E-state index is 13.1. The maximum Gasteiger partial charge on any atom is 0.339 e. The number of rotatable bonds is 17. The molecule has 7 N–H and O–H groups in total. The third-order valence-corrected chi connectivity index (χ3v) is 10.8. The number of halogens is 1. The summed E-state index contributed by atoms with van der Waals surface area (Å²) in [5.41, 5.74) is 10.0. The molecule has 0 fully saturated rings. The highest BCUT2D eigenvalue weighted by atomic mass is 35.5. The Kier molecular flexibility index (Phi) is 17.0. The van der Waals surface area contributed by atoms with Crippen LogP contribution in [0, 0.1) is 36.5 Å². The standard InChI is InChI=1S/C42H51ClN8O5S/c1-26-27(2)57-41-38(26)39(29-15-17-31(43)18-16-29)50-34(40(46)51(41)28(3)45)25-37(54)48-23-9-7-5-6-8-22-47-35(52)13-10-14-36(53)49-32-19-20-33(42(55)56-4)30(24-32)12-11-21-44/h15-20,24,34,45-46H,5-10,13-14,21-23,25,44H2,1-4H3,(H,47,52)(H,48,54)(H,49,53)/t34-/m0/s1. The summed E-state index contributed by atoms with van der Waals surface area (Å²) < 4.78 is 4.79. The Labute approximate surface area is 343 Å². The molecule has 1 atom stereocenters. The van der Waals surface area contributed by atoms with Gasteiger partial charge in [0.05, 0.1) is 31.4 Å². The summed E-state index contributed by atoms with van der Waals surface area (Å²) in [7, 11) is 1.28. The molecule has 1 aromatic heterocycles. The molecule has 0 saturated carbocycles. The maximum absolute atomic E-state index is 13.1.